The molecule has 20 heavy (non-hydrogen) atoms. The highest BCUT2D eigenvalue weighted by molar-refractivity contribution is 9.10. The van der Waals surface area contributed by atoms with Gasteiger partial charge in [-0.3, -0.25) is 0 Å². The maximum Gasteiger partial charge on any atom is 0.323 e. The van der Waals surface area contributed by atoms with Crippen LogP contribution in [0, 0.1) is 20.8 Å². The fourth-order valence-corrected chi connectivity index (χ4v) is 2.39. The van der Waals surface area contributed by atoms with E-state index in [-0.39, 0.29) is 6.03 Å². The van der Waals surface area contributed by atoms with Crippen LogP contribution in [-0.4, -0.2) is 6.03 Å². The van der Waals surface area contributed by atoms with E-state index in [0.29, 0.717) is 0 Å². The lowest BCUT2D eigenvalue weighted by molar-refractivity contribution is 0.262. The Bertz CT molecular complexity index is 653. The third-order valence-electron chi connectivity index (χ3n) is 3.08. The van der Waals surface area contributed by atoms with Crippen LogP contribution >= 0.6 is 15.9 Å². The number of anilines is 2. The smallest absolute Gasteiger partial charge is 0.307 e. The van der Waals surface area contributed by atoms with Crippen LogP contribution in [0.25, 0.3) is 0 Å². The predicted molar refractivity (Wildman–Crippen MR) is 87.4 cm³/mol. The SMILES string of the molecule is Cc1ccc(C)c(NC(=O)Nc2ccc(Br)cc2C)c1. The van der Waals surface area contributed by atoms with Gasteiger partial charge in [0.1, 0.15) is 0 Å². The van der Waals surface area contributed by atoms with E-state index >= 15 is 0 Å². The molecule has 0 atom stereocenters. The zero-order valence-electron chi connectivity index (χ0n) is 11.8. The van der Waals surface area contributed by atoms with Crippen LogP contribution in [0.15, 0.2) is 40.9 Å². The monoisotopic (exact) mass is 332 g/mol. The van der Waals surface area contributed by atoms with Crippen molar-refractivity contribution in [2.45, 2.75) is 20.8 Å². The van der Waals surface area contributed by atoms with Crippen molar-refractivity contribution in [3.8, 4) is 0 Å². The molecular weight excluding hydrogens is 316 g/mol. The summed E-state index contributed by atoms with van der Waals surface area (Å²) in [6, 6.07) is 11.5. The Labute approximate surface area is 127 Å². The first kappa shape index (κ1) is 14.6. The Hall–Kier alpha value is -1.81. The highest BCUT2D eigenvalue weighted by Gasteiger charge is 2.07. The lowest BCUT2D eigenvalue weighted by atomic mass is 10.1. The first-order valence-corrected chi connectivity index (χ1v) is 7.16. The van der Waals surface area contributed by atoms with E-state index in [2.05, 4.69) is 26.6 Å². The van der Waals surface area contributed by atoms with E-state index in [9.17, 15) is 4.79 Å². The normalized spacial score (nSPS) is 10.2. The first-order valence-electron chi connectivity index (χ1n) is 6.37. The Kier molecular flexibility index (Phi) is 4.45. The summed E-state index contributed by atoms with van der Waals surface area (Å²) < 4.78 is 0.996. The second-order valence-electron chi connectivity index (χ2n) is 4.86. The lowest BCUT2D eigenvalue weighted by Crippen LogP contribution is -2.20. The van der Waals surface area contributed by atoms with Gasteiger partial charge >= 0.3 is 6.03 Å². The van der Waals surface area contributed by atoms with E-state index in [1.165, 1.54) is 0 Å². The number of rotatable bonds is 2. The molecule has 2 aromatic carbocycles. The van der Waals surface area contributed by atoms with Gasteiger partial charge in [-0.25, -0.2) is 4.79 Å². The van der Waals surface area contributed by atoms with Crippen molar-refractivity contribution < 1.29 is 4.79 Å². The van der Waals surface area contributed by atoms with Crippen molar-refractivity contribution in [1.29, 1.82) is 0 Å². The molecule has 2 N–H and O–H groups in total. The predicted octanol–water partition coefficient (Wildman–Crippen LogP) is 5.02. The molecule has 0 aliphatic heterocycles. The molecule has 2 amide bonds. The fourth-order valence-electron chi connectivity index (χ4n) is 1.91. The number of amides is 2. The van der Waals surface area contributed by atoms with Crippen molar-refractivity contribution in [1.82, 2.24) is 0 Å². The number of urea groups is 1. The van der Waals surface area contributed by atoms with Gasteiger partial charge in [-0.15, -0.1) is 0 Å². The molecule has 0 saturated heterocycles. The number of nitrogens with one attached hydrogen (secondary N) is 2. The van der Waals surface area contributed by atoms with Crippen LogP contribution in [0.1, 0.15) is 16.7 Å². The third kappa shape index (κ3) is 3.61. The van der Waals surface area contributed by atoms with Crippen LogP contribution in [0.2, 0.25) is 0 Å². The number of hydrogen-bond acceptors (Lipinski definition) is 1. The summed E-state index contributed by atoms with van der Waals surface area (Å²) in [5, 5.41) is 5.74. The molecule has 2 rings (SSSR count). The van der Waals surface area contributed by atoms with Gasteiger partial charge in [-0.1, -0.05) is 28.1 Å². The summed E-state index contributed by atoms with van der Waals surface area (Å²) in [6.07, 6.45) is 0. The lowest BCUT2D eigenvalue weighted by Gasteiger charge is -2.12. The third-order valence-corrected chi connectivity index (χ3v) is 3.57. The molecule has 0 bridgehead atoms. The van der Waals surface area contributed by atoms with Gasteiger partial charge in [0.15, 0.2) is 0 Å². The van der Waals surface area contributed by atoms with Crippen molar-refractivity contribution in [2.75, 3.05) is 10.6 Å². The van der Waals surface area contributed by atoms with Crippen LogP contribution in [0.4, 0.5) is 16.2 Å². The molecular formula is C16H17BrN2O. The zero-order chi connectivity index (χ0) is 14.7. The molecule has 104 valence electrons. The first-order chi connectivity index (χ1) is 9.45. The van der Waals surface area contributed by atoms with Crippen LogP contribution in [0.3, 0.4) is 0 Å². The summed E-state index contributed by atoms with van der Waals surface area (Å²) in [7, 11) is 0. The number of carbonyl (C=O) groups excluding carboxylic acids is 1. The Morgan fingerprint density at radius 3 is 2.30 bits per heavy atom. The number of aryl methyl sites for hydroxylation is 3. The molecule has 0 spiro atoms. The zero-order valence-corrected chi connectivity index (χ0v) is 13.3. The van der Waals surface area contributed by atoms with E-state index in [4.69, 9.17) is 0 Å². The molecule has 4 heteroatoms. The molecule has 2 aromatic rings. The van der Waals surface area contributed by atoms with Crippen molar-refractivity contribution in [2.24, 2.45) is 0 Å². The quantitative estimate of drug-likeness (QED) is 0.796. The highest BCUT2D eigenvalue weighted by atomic mass is 79.9. The van der Waals surface area contributed by atoms with Gasteiger partial charge in [0.05, 0.1) is 0 Å². The van der Waals surface area contributed by atoms with E-state index in [0.717, 1.165) is 32.5 Å². The summed E-state index contributed by atoms with van der Waals surface area (Å²) in [4.78, 5) is 12.0. The van der Waals surface area contributed by atoms with Crippen molar-refractivity contribution in [3.63, 3.8) is 0 Å². The van der Waals surface area contributed by atoms with E-state index in [1.54, 1.807) is 0 Å². The van der Waals surface area contributed by atoms with Gasteiger partial charge in [-0.2, -0.15) is 0 Å². The molecule has 0 aromatic heterocycles. The van der Waals surface area contributed by atoms with E-state index < -0.39 is 0 Å². The number of halogens is 1. The van der Waals surface area contributed by atoms with Crippen LogP contribution in [-0.2, 0) is 0 Å². The molecule has 0 saturated carbocycles. The van der Waals surface area contributed by atoms with Gasteiger partial charge in [0, 0.05) is 15.8 Å². The number of hydrogen-bond donors (Lipinski definition) is 2. The minimum Gasteiger partial charge on any atom is -0.307 e. The van der Waals surface area contributed by atoms with Crippen molar-refractivity contribution >= 4 is 33.3 Å². The van der Waals surface area contributed by atoms with Crippen LogP contribution < -0.4 is 10.6 Å². The maximum absolute atomic E-state index is 12.0. The van der Waals surface area contributed by atoms with E-state index in [1.807, 2.05) is 57.2 Å². The Balaban J connectivity index is 2.11. The van der Waals surface area contributed by atoms with Gasteiger partial charge in [0.2, 0.25) is 0 Å². The average Bonchev–Trinajstić information content (AvgIpc) is 2.37. The summed E-state index contributed by atoms with van der Waals surface area (Å²) in [6.45, 7) is 5.93. The topological polar surface area (TPSA) is 41.1 Å². The molecule has 0 unspecified atom stereocenters. The highest BCUT2D eigenvalue weighted by Crippen LogP contribution is 2.21. The molecule has 0 aliphatic carbocycles. The average molecular weight is 333 g/mol. The Morgan fingerprint density at radius 1 is 0.900 bits per heavy atom. The maximum atomic E-state index is 12.0. The minimum atomic E-state index is -0.232. The second kappa shape index (κ2) is 6.09. The summed E-state index contributed by atoms with van der Waals surface area (Å²) in [5.41, 5.74) is 4.80. The number of benzene rings is 2. The van der Waals surface area contributed by atoms with Gasteiger partial charge < -0.3 is 10.6 Å². The standard InChI is InChI=1S/C16H17BrN2O/c1-10-4-5-11(2)15(8-10)19-16(20)18-14-7-6-13(17)9-12(14)3/h4-9H,1-3H3,(H2,18,19,20). The Morgan fingerprint density at radius 2 is 1.60 bits per heavy atom. The summed E-state index contributed by atoms with van der Waals surface area (Å²) in [5.74, 6) is 0. The largest absolute Gasteiger partial charge is 0.323 e. The molecule has 0 aliphatic rings. The number of carbonyl (C=O) groups is 1. The minimum absolute atomic E-state index is 0.232. The molecule has 0 heterocycles. The summed E-state index contributed by atoms with van der Waals surface area (Å²) >= 11 is 3.41. The van der Waals surface area contributed by atoms with Gasteiger partial charge in [-0.05, 0) is 61.7 Å². The van der Waals surface area contributed by atoms with Crippen molar-refractivity contribution in [3.05, 3.63) is 57.6 Å². The van der Waals surface area contributed by atoms with Gasteiger partial charge in [0.25, 0.3) is 0 Å². The molecule has 3 nitrogen and oxygen atoms in total. The van der Waals surface area contributed by atoms with Crippen LogP contribution in [0.5, 0.6) is 0 Å². The fraction of sp³-hybridized carbons (Fsp3) is 0.188. The molecule has 0 fully saturated rings. The second-order valence-corrected chi connectivity index (χ2v) is 5.77. The molecule has 0 radical (unpaired) electrons.